The van der Waals surface area contributed by atoms with E-state index in [0.717, 1.165) is 25.7 Å². The van der Waals surface area contributed by atoms with E-state index in [1.807, 2.05) is 6.92 Å². The predicted octanol–water partition coefficient (Wildman–Crippen LogP) is 4.53. The van der Waals surface area contributed by atoms with Crippen molar-refractivity contribution in [3.05, 3.63) is 44.8 Å². The van der Waals surface area contributed by atoms with Crippen LogP contribution in [0.5, 0.6) is 0 Å². The molecule has 1 aromatic rings. The van der Waals surface area contributed by atoms with Gasteiger partial charge in [-0.1, -0.05) is 30.5 Å². The summed E-state index contributed by atoms with van der Waals surface area (Å²) in [5.74, 6) is 0.508. The molecular weight excluding hydrogens is 487 g/mol. The maximum Gasteiger partial charge on any atom is 0.330 e. The number of aryl methyl sites for hydroxylation is 1. The molecule has 0 unspecified atom stereocenters. The second-order valence-corrected chi connectivity index (χ2v) is 15.4. The molecule has 7 nitrogen and oxygen atoms in total. The Morgan fingerprint density at radius 2 is 2.19 bits per heavy atom. The molecule has 11 heteroatoms. The van der Waals surface area contributed by atoms with Crippen molar-refractivity contribution < 1.29 is 13.8 Å². The van der Waals surface area contributed by atoms with E-state index in [9.17, 15) is 9.59 Å². The standard InChI is InChI=1S/C21H31N2O5PS2.H2S/c1-6-15-16(10-18(26-15)23-11-13(4)19(24)22-20(23)25)27-29(30)28-21(5)8-7-14(12(2)3)9-17(21)31-29;/h11,14-18H,2,6-10H2,1,3-5H3,(H,22,24,25);1H2/t14-,15+,16-,17+,18+,21+,29-;/m0./s1. The van der Waals surface area contributed by atoms with Crippen molar-refractivity contribution >= 4 is 42.4 Å². The maximum absolute atomic E-state index is 12.3. The van der Waals surface area contributed by atoms with Crippen LogP contribution in [0.1, 0.15) is 64.7 Å². The Balaban J connectivity index is 0.00000289. The highest BCUT2D eigenvalue weighted by molar-refractivity contribution is 8.68. The van der Waals surface area contributed by atoms with Gasteiger partial charge >= 0.3 is 5.69 Å². The Labute approximate surface area is 205 Å². The number of nitrogens with zero attached hydrogens (tertiary/aromatic N) is 1. The summed E-state index contributed by atoms with van der Waals surface area (Å²) >= 11 is 7.64. The van der Waals surface area contributed by atoms with Crippen LogP contribution in [0.3, 0.4) is 0 Å². The van der Waals surface area contributed by atoms with E-state index in [-0.39, 0.29) is 36.9 Å². The summed E-state index contributed by atoms with van der Waals surface area (Å²) in [5.41, 5.74) is -1.98. The smallest absolute Gasteiger partial charge is 0.330 e. The number of nitrogens with one attached hydrogen (secondary N) is 1. The Kier molecular flexibility index (Phi) is 7.98. The van der Waals surface area contributed by atoms with Gasteiger partial charge in [-0.25, -0.2) is 4.79 Å². The molecule has 3 aliphatic rings. The normalized spacial score (nSPS) is 38.8. The van der Waals surface area contributed by atoms with E-state index < -0.39 is 17.6 Å². The molecule has 1 saturated carbocycles. The van der Waals surface area contributed by atoms with Crippen molar-refractivity contribution in [2.45, 2.75) is 89.1 Å². The van der Waals surface area contributed by atoms with Gasteiger partial charge in [-0.15, -0.1) is 0 Å². The number of hydrogen-bond acceptors (Lipinski definition) is 7. The second-order valence-electron chi connectivity index (χ2n) is 9.16. The Hall–Kier alpha value is -0.350. The minimum Gasteiger partial charge on any atom is -0.352 e. The lowest BCUT2D eigenvalue weighted by atomic mass is 9.77. The zero-order valence-corrected chi connectivity index (χ0v) is 22.5. The number of aromatic nitrogens is 2. The molecule has 1 N–H and O–H groups in total. The lowest BCUT2D eigenvalue weighted by molar-refractivity contribution is -0.0205. The molecule has 1 aromatic heterocycles. The number of rotatable bonds is 5. The minimum absolute atomic E-state index is 0. The number of fused-ring (bicyclic) bond motifs is 1. The van der Waals surface area contributed by atoms with Crippen LogP contribution in [0.2, 0.25) is 0 Å². The van der Waals surface area contributed by atoms with Gasteiger partial charge in [-0.2, -0.15) is 13.5 Å². The van der Waals surface area contributed by atoms with E-state index in [1.54, 1.807) is 24.5 Å². The first-order valence-corrected chi connectivity index (χ1v) is 15.0. The molecule has 0 radical (unpaired) electrons. The summed E-state index contributed by atoms with van der Waals surface area (Å²) in [6.45, 7) is 12.1. The largest absolute Gasteiger partial charge is 0.352 e. The SMILES string of the molecule is C=C(C)[C@H]1CC[C@@]2(C)O[P@](=S)(O[C@H]3C[C@H](n4cc(C)c(=O)[nH]c4=O)O[C@@H]3CC)S[C@@H]2C1.S. The highest BCUT2D eigenvalue weighted by atomic mass is 32.9. The first kappa shape index (κ1) is 26.3. The number of allylic oxidation sites excluding steroid dienone is 1. The Morgan fingerprint density at radius 3 is 2.84 bits per heavy atom. The van der Waals surface area contributed by atoms with Crippen LogP contribution >= 0.6 is 30.6 Å². The summed E-state index contributed by atoms with van der Waals surface area (Å²) in [6.07, 6.45) is 4.87. The molecule has 2 aliphatic heterocycles. The zero-order valence-electron chi connectivity index (χ0n) is 19.0. The van der Waals surface area contributed by atoms with Gasteiger partial charge in [-0.3, -0.25) is 14.3 Å². The van der Waals surface area contributed by atoms with Gasteiger partial charge in [0.1, 0.15) is 6.23 Å². The molecule has 0 amide bonds. The monoisotopic (exact) mass is 520 g/mol. The molecule has 0 aromatic carbocycles. The van der Waals surface area contributed by atoms with Crippen molar-refractivity contribution in [2.24, 2.45) is 5.92 Å². The number of ether oxygens (including phenoxy) is 1. The number of H-pyrrole nitrogens is 1. The Bertz CT molecular complexity index is 1040. The van der Waals surface area contributed by atoms with Gasteiger partial charge in [0, 0.05) is 23.4 Å². The topological polar surface area (TPSA) is 82.5 Å². The molecule has 3 fully saturated rings. The van der Waals surface area contributed by atoms with E-state index in [1.165, 1.54) is 10.1 Å². The lowest BCUT2D eigenvalue weighted by Gasteiger charge is -2.37. The fourth-order valence-electron chi connectivity index (χ4n) is 4.74. The molecule has 0 spiro atoms. The van der Waals surface area contributed by atoms with Crippen LogP contribution in [-0.4, -0.2) is 32.6 Å². The number of aromatic amines is 1. The van der Waals surface area contributed by atoms with Crippen molar-refractivity contribution in [3.8, 4) is 0 Å². The summed E-state index contributed by atoms with van der Waals surface area (Å²) < 4.78 is 20.6. The van der Waals surface area contributed by atoms with Crippen LogP contribution in [0.4, 0.5) is 0 Å². The molecule has 0 bridgehead atoms. The zero-order chi connectivity index (χ0) is 22.6. The minimum atomic E-state index is -2.55. The average Bonchev–Trinajstić information content (AvgIpc) is 3.20. The molecule has 32 heavy (non-hydrogen) atoms. The highest BCUT2D eigenvalue weighted by Crippen LogP contribution is 2.75. The molecule has 180 valence electrons. The molecular formula is C21H33N2O5PS3. The van der Waals surface area contributed by atoms with Gasteiger partial charge in [0.05, 0.1) is 17.8 Å². The molecule has 3 heterocycles. The Morgan fingerprint density at radius 1 is 1.47 bits per heavy atom. The third kappa shape index (κ3) is 5.02. The van der Waals surface area contributed by atoms with Crippen LogP contribution < -0.4 is 11.2 Å². The fourth-order valence-corrected chi connectivity index (χ4v) is 12.0. The molecule has 1 aliphatic carbocycles. The first-order valence-electron chi connectivity index (χ1n) is 10.8. The first-order chi connectivity index (χ1) is 14.5. The van der Waals surface area contributed by atoms with E-state index in [0.29, 0.717) is 23.2 Å². The molecule has 4 rings (SSSR count). The van der Waals surface area contributed by atoms with Gasteiger partial charge in [0.15, 0.2) is 0 Å². The predicted molar refractivity (Wildman–Crippen MR) is 137 cm³/mol. The van der Waals surface area contributed by atoms with Crippen LogP contribution in [-0.2, 0) is 25.6 Å². The fraction of sp³-hybridized carbons (Fsp3) is 0.714. The van der Waals surface area contributed by atoms with Gasteiger partial charge in [-0.05, 0) is 64.2 Å². The van der Waals surface area contributed by atoms with Crippen LogP contribution in [0, 0.1) is 12.8 Å². The van der Waals surface area contributed by atoms with Gasteiger partial charge in [0.2, 0.25) is 5.69 Å². The second kappa shape index (κ2) is 9.72. The van der Waals surface area contributed by atoms with Crippen LogP contribution in [0.25, 0.3) is 0 Å². The average molecular weight is 521 g/mol. The summed E-state index contributed by atoms with van der Waals surface area (Å²) in [6, 6.07) is 0. The molecule has 7 atom stereocenters. The third-order valence-electron chi connectivity index (χ3n) is 6.75. The van der Waals surface area contributed by atoms with Crippen molar-refractivity contribution in [1.29, 1.82) is 0 Å². The van der Waals surface area contributed by atoms with Crippen molar-refractivity contribution in [2.75, 3.05) is 0 Å². The van der Waals surface area contributed by atoms with Crippen molar-refractivity contribution in [1.82, 2.24) is 9.55 Å². The maximum atomic E-state index is 12.3. The summed E-state index contributed by atoms with van der Waals surface area (Å²) in [5, 5.41) is 0.302. The summed E-state index contributed by atoms with van der Waals surface area (Å²) in [7, 11) is 0. The van der Waals surface area contributed by atoms with E-state index >= 15 is 0 Å². The van der Waals surface area contributed by atoms with E-state index in [2.05, 4.69) is 25.4 Å². The van der Waals surface area contributed by atoms with Crippen LogP contribution in [0.15, 0.2) is 27.9 Å². The summed E-state index contributed by atoms with van der Waals surface area (Å²) in [4.78, 5) is 26.4. The highest BCUT2D eigenvalue weighted by Gasteiger charge is 2.54. The molecule has 2 saturated heterocycles. The van der Waals surface area contributed by atoms with E-state index in [4.69, 9.17) is 25.6 Å². The third-order valence-corrected chi connectivity index (χ3v) is 12.4. The quantitative estimate of drug-likeness (QED) is 0.451. The lowest BCUT2D eigenvalue weighted by Crippen LogP contribution is -2.40. The van der Waals surface area contributed by atoms with Gasteiger partial charge in [0.25, 0.3) is 5.56 Å². The van der Waals surface area contributed by atoms with Crippen molar-refractivity contribution in [3.63, 3.8) is 0 Å². The number of hydrogen-bond donors (Lipinski definition) is 1. The van der Waals surface area contributed by atoms with Gasteiger partial charge < -0.3 is 13.8 Å².